The summed E-state index contributed by atoms with van der Waals surface area (Å²) in [5, 5.41) is 17.8. The minimum Gasteiger partial charge on any atom is -0.508 e. The number of nitrogens with two attached hydrogens (primary N) is 1. The summed E-state index contributed by atoms with van der Waals surface area (Å²) in [6.07, 6.45) is 0.330. The van der Waals surface area contributed by atoms with Gasteiger partial charge in [0, 0.05) is 17.7 Å². The Morgan fingerprint density at radius 2 is 2.07 bits per heavy atom. The molecule has 0 aliphatic rings. The second-order valence-corrected chi connectivity index (χ2v) is 3.27. The molecule has 0 fully saturated rings. The summed E-state index contributed by atoms with van der Waals surface area (Å²) < 4.78 is 0. The summed E-state index contributed by atoms with van der Waals surface area (Å²) in [7, 11) is 0. The van der Waals surface area contributed by atoms with E-state index in [9.17, 15) is 9.90 Å². The van der Waals surface area contributed by atoms with Crippen LogP contribution in [-0.2, 0) is 4.79 Å². The van der Waals surface area contributed by atoms with Gasteiger partial charge in [-0.25, -0.2) is 0 Å². The van der Waals surface area contributed by atoms with Crippen molar-refractivity contribution in [2.24, 2.45) is 0 Å². The van der Waals surface area contributed by atoms with E-state index in [4.69, 9.17) is 10.8 Å². The van der Waals surface area contributed by atoms with Gasteiger partial charge in [-0.2, -0.15) is 0 Å². The van der Waals surface area contributed by atoms with Crippen LogP contribution in [0.4, 0.5) is 5.69 Å². The van der Waals surface area contributed by atoms with Crippen LogP contribution in [0.25, 0.3) is 5.57 Å². The Bertz CT molecular complexity index is 399. The van der Waals surface area contributed by atoms with Crippen molar-refractivity contribution < 1.29 is 15.0 Å². The SMILES string of the molecule is C=C(CCC(=O)O)c1cc(O)ccc1N. The standard InChI is InChI=1S/C11H13NO3/c1-7(2-5-11(14)15)9-6-8(13)3-4-10(9)12/h3-4,6,13H,1-2,5,12H2,(H,14,15). The molecule has 0 aromatic heterocycles. The molecule has 1 rings (SSSR count). The molecule has 4 heteroatoms. The lowest BCUT2D eigenvalue weighted by Crippen LogP contribution is -1.97. The van der Waals surface area contributed by atoms with Crippen LogP contribution in [0.15, 0.2) is 24.8 Å². The van der Waals surface area contributed by atoms with Gasteiger partial charge in [0.1, 0.15) is 5.75 Å². The van der Waals surface area contributed by atoms with Crippen molar-refractivity contribution in [1.82, 2.24) is 0 Å². The highest BCUT2D eigenvalue weighted by Gasteiger charge is 2.06. The van der Waals surface area contributed by atoms with Crippen molar-refractivity contribution in [2.45, 2.75) is 12.8 Å². The molecule has 0 aliphatic heterocycles. The molecule has 0 amide bonds. The van der Waals surface area contributed by atoms with Crippen molar-refractivity contribution in [3.8, 4) is 5.75 Å². The van der Waals surface area contributed by atoms with Gasteiger partial charge in [0.15, 0.2) is 0 Å². The zero-order valence-electron chi connectivity index (χ0n) is 8.23. The van der Waals surface area contributed by atoms with E-state index in [1.54, 1.807) is 6.07 Å². The third-order valence-corrected chi connectivity index (χ3v) is 2.06. The zero-order chi connectivity index (χ0) is 11.4. The van der Waals surface area contributed by atoms with Gasteiger partial charge in [-0.3, -0.25) is 4.79 Å². The number of carboxylic acids is 1. The summed E-state index contributed by atoms with van der Waals surface area (Å²) in [5.41, 5.74) is 7.39. The lowest BCUT2D eigenvalue weighted by atomic mass is 10.0. The smallest absolute Gasteiger partial charge is 0.303 e. The fraction of sp³-hybridized carbons (Fsp3) is 0.182. The van der Waals surface area contributed by atoms with Crippen molar-refractivity contribution in [3.63, 3.8) is 0 Å². The van der Waals surface area contributed by atoms with E-state index in [-0.39, 0.29) is 12.2 Å². The molecule has 0 spiro atoms. The average molecular weight is 207 g/mol. The first-order chi connectivity index (χ1) is 7.00. The largest absolute Gasteiger partial charge is 0.508 e. The first-order valence-corrected chi connectivity index (χ1v) is 4.49. The fourth-order valence-electron chi connectivity index (χ4n) is 1.24. The Morgan fingerprint density at radius 3 is 2.67 bits per heavy atom. The highest BCUT2D eigenvalue weighted by molar-refractivity contribution is 5.77. The molecule has 0 saturated heterocycles. The number of carbonyl (C=O) groups is 1. The van der Waals surface area contributed by atoms with E-state index in [0.717, 1.165) is 0 Å². The fourth-order valence-corrected chi connectivity index (χ4v) is 1.24. The Morgan fingerprint density at radius 1 is 1.40 bits per heavy atom. The zero-order valence-corrected chi connectivity index (χ0v) is 8.23. The van der Waals surface area contributed by atoms with Gasteiger partial charge in [0.2, 0.25) is 0 Å². The predicted octanol–water partition coefficient (Wildman–Crippen LogP) is 1.85. The number of phenols is 1. The van der Waals surface area contributed by atoms with Crippen LogP contribution >= 0.6 is 0 Å². The van der Waals surface area contributed by atoms with E-state index in [0.29, 0.717) is 23.2 Å². The molecular weight excluding hydrogens is 194 g/mol. The van der Waals surface area contributed by atoms with Crippen LogP contribution in [0.3, 0.4) is 0 Å². The van der Waals surface area contributed by atoms with E-state index >= 15 is 0 Å². The van der Waals surface area contributed by atoms with Crippen molar-refractivity contribution in [2.75, 3.05) is 5.73 Å². The van der Waals surface area contributed by atoms with Gasteiger partial charge in [0.05, 0.1) is 0 Å². The van der Waals surface area contributed by atoms with Crippen molar-refractivity contribution in [1.29, 1.82) is 0 Å². The number of benzene rings is 1. The number of aliphatic carboxylic acids is 1. The molecule has 0 aliphatic carbocycles. The van der Waals surface area contributed by atoms with E-state index < -0.39 is 5.97 Å². The number of hydrogen-bond acceptors (Lipinski definition) is 3. The van der Waals surface area contributed by atoms with Gasteiger partial charge < -0.3 is 15.9 Å². The summed E-state index contributed by atoms with van der Waals surface area (Å²) >= 11 is 0. The maximum atomic E-state index is 10.4. The first kappa shape index (κ1) is 11.1. The Kier molecular flexibility index (Phi) is 3.33. The number of carboxylic acid groups (broad SMARTS) is 1. The van der Waals surface area contributed by atoms with E-state index in [1.807, 2.05) is 0 Å². The second kappa shape index (κ2) is 4.50. The number of rotatable bonds is 4. The van der Waals surface area contributed by atoms with Gasteiger partial charge in [-0.05, 0) is 30.2 Å². The summed E-state index contributed by atoms with van der Waals surface area (Å²) in [4.78, 5) is 10.4. The molecule has 4 N–H and O–H groups in total. The average Bonchev–Trinajstić information content (AvgIpc) is 2.18. The van der Waals surface area contributed by atoms with E-state index in [2.05, 4.69) is 6.58 Å². The van der Waals surface area contributed by atoms with Gasteiger partial charge in [0.25, 0.3) is 0 Å². The molecule has 0 bridgehead atoms. The second-order valence-electron chi connectivity index (χ2n) is 3.27. The molecule has 0 unspecified atom stereocenters. The Hall–Kier alpha value is -1.97. The third kappa shape index (κ3) is 3.02. The van der Waals surface area contributed by atoms with Crippen LogP contribution in [0.5, 0.6) is 5.75 Å². The third-order valence-electron chi connectivity index (χ3n) is 2.06. The molecule has 15 heavy (non-hydrogen) atoms. The quantitative estimate of drug-likeness (QED) is 0.519. The highest BCUT2D eigenvalue weighted by atomic mass is 16.4. The number of nitrogen functional groups attached to an aromatic ring is 1. The van der Waals surface area contributed by atoms with Crippen LogP contribution in [0.2, 0.25) is 0 Å². The van der Waals surface area contributed by atoms with Crippen LogP contribution < -0.4 is 5.73 Å². The topological polar surface area (TPSA) is 83.5 Å². The Labute approximate surface area is 87.7 Å². The molecule has 0 atom stereocenters. The molecule has 0 heterocycles. The summed E-state index contributed by atoms with van der Waals surface area (Å²) in [6, 6.07) is 4.53. The molecule has 4 nitrogen and oxygen atoms in total. The monoisotopic (exact) mass is 207 g/mol. The summed E-state index contributed by atoms with van der Waals surface area (Å²) in [5.74, 6) is -0.787. The minimum atomic E-state index is -0.880. The lowest BCUT2D eigenvalue weighted by Gasteiger charge is -2.08. The van der Waals surface area contributed by atoms with Gasteiger partial charge in [-0.1, -0.05) is 6.58 Å². The van der Waals surface area contributed by atoms with Crippen LogP contribution in [-0.4, -0.2) is 16.2 Å². The first-order valence-electron chi connectivity index (χ1n) is 4.49. The Balaban J connectivity index is 2.81. The maximum Gasteiger partial charge on any atom is 0.303 e. The minimum absolute atomic E-state index is 0.00787. The molecule has 1 aromatic rings. The van der Waals surface area contributed by atoms with Crippen LogP contribution in [0.1, 0.15) is 18.4 Å². The molecular formula is C11H13NO3. The van der Waals surface area contributed by atoms with Crippen molar-refractivity contribution >= 4 is 17.2 Å². The normalized spacial score (nSPS) is 9.87. The number of phenolic OH excluding ortho intramolecular Hbond substituents is 1. The molecule has 0 radical (unpaired) electrons. The van der Waals surface area contributed by atoms with E-state index in [1.165, 1.54) is 12.1 Å². The molecule has 0 saturated carbocycles. The molecule has 1 aromatic carbocycles. The van der Waals surface area contributed by atoms with Crippen molar-refractivity contribution in [3.05, 3.63) is 30.3 Å². The number of allylic oxidation sites excluding steroid dienone is 1. The number of hydrogen-bond donors (Lipinski definition) is 3. The summed E-state index contributed by atoms with van der Waals surface area (Å²) in [6.45, 7) is 3.74. The lowest BCUT2D eigenvalue weighted by molar-refractivity contribution is -0.136. The number of aromatic hydroxyl groups is 1. The highest BCUT2D eigenvalue weighted by Crippen LogP contribution is 2.27. The van der Waals surface area contributed by atoms with Crippen LogP contribution in [0, 0.1) is 0 Å². The van der Waals surface area contributed by atoms with Gasteiger partial charge >= 0.3 is 5.97 Å². The predicted molar refractivity (Wildman–Crippen MR) is 58.4 cm³/mol. The van der Waals surface area contributed by atoms with Gasteiger partial charge in [-0.15, -0.1) is 0 Å². The molecule has 80 valence electrons. The maximum absolute atomic E-state index is 10.4. The number of anilines is 1.